The summed E-state index contributed by atoms with van der Waals surface area (Å²) in [4.78, 5) is 60.3. The van der Waals surface area contributed by atoms with Crippen molar-refractivity contribution in [3.8, 4) is 16.9 Å². The number of ether oxygens (including phenoxy) is 2. The molecule has 0 saturated carbocycles. The Balaban J connectivity index is 1.22. The summed E-state index contributed by atoms with van der Waals surface area (Å²) in [6.07, 6.45) is 46.1. The lowest BCUT2D eigenvalue weighted by Gasteiger charge is -2.11. The molecule has 5 aromatic rings. The van der Waals surface area contributed by atoms with E-state index in [1.54, 1.807) is 12.1 Å². The summed E-state index contributed by atoms with van der Waals surface area (Å²) in [7, 11) is 0. The minimum Gasteiger partial charge on any atom is -0.490 e. The van der Waals surface area contributed by atoms with Crippen LogP contribution in [0.5, 0.6) is 5.75 Å². The molecule has 4 aromatic heterocycles. The maximum atomic E-state index is 13.6. The second-order valence-electron chi connectivity index (χ2n) is 23.0. The largest absolute Gasteiger partial charge is 0.490 e. The van der Waals surface area contributed by atoms with Crippen molar-refractivity contribution in [3.05, 3.63) is 106 Å². The lowest BCUT2D eigenvalue weighted by Crippen LogP contribution is -2.14. The van der Waals surface area contributed by atoms with Crippen LogP contribution in [0.15, 0.2) is 60.7 Å². The van der Waals surface area contributed by atoms with E-state index in [1.807, 2.05) is 24.3 Å². The highest BCUT2D eigenvalue weighted by molar-refractivity contribution is 5.96. The second kappa shape index (κ2) is 35.3. The van der Waals surface area contributed by atoms with E-state index in [0.717, 1.165) is 94.5 Å². The third kappa shape index (κ3) is 20.8. The Morgan fingerprint density at radius 3 is 1.18 bits per heavy atom. The summed E-state index contributed by atoms with van der Waals surface area (Å²) in [6, 6.07) is 19.6. The molecule has 6 heterocycles. The van der Waals surface area contributed by atoms with Crippen molar-refractivity contribution in [2.75, 3.05) is 23.8 Å². The van der Waals surface area contributed by atoms with Crippen molar-refractivity contribution >= 4 is 75.8 Å². The average molecular weight is 1130 g/mol. The topological polar surface area (TPSA) is 164 Å². The quantitative estimate of drug-likeness (QED) is 0.0219. The normalized spacial score (nSPS) is 11.8. The number of esters is 1. The number of carbonyl (C=O) groups excluding carboxylic acids is 3. The highest BCUT2D eigenvalue weighted by Gasteiger charge is 2.19. The summed E-state index contributed by atoms with van der Waals surface area (Å²) in [5.41, 5.74) is 14.2. The third-order valence-electron chi connectivity index (χ3n) is 16.1. The first kappa shape index (κ1) is 63.8. The van der Waals surface area contributed by atoms with Crippen LogP contribution in [0.2, 0.25) is 0 Å². The molecule has 0 unspecified atom stereocenters. The molecule has 0 radical (unpaired) electrons. The van der Waals surface area contributed by atoms with Crippen LogP contribution in [0.1, 0.15) is 258 Å². The van der Waals surface area contributed by atoms with Crippen molar-refractivity contribution in [3.63, 3.8) is 0 Å². The number of carbonyl (C=O) groups is 3. The lowest BCUT2D eigenvalue weighted by atomic mass is 10.0. The number of aromatic nitrogens is 5. The molecule has 83 heavy (non-hydrogen) atoms. The number of unbranched alkanes of at least 4 members (excludes halogenated alkanes) is 24. The Kier molecular flexibility index (Phi) is 27.2. The standard InChI is InChI=1S/C71H97N7O5/c1-6-9-12-15-18-21-24-27-30-33-57-60-40-42-62(74-60)58(34-31-28-25-22-19-16-13-10-7-2)64-44-46-66(76-64)70(67-47-45-65(77-67)59(63-43-41-61(57)75-63)35-32-29-26-23-20-17-14-11-8-3)54-36-38-55(39-37-54)71(81)83-49-48-82-56-50-68(72-52(4)79)78-69(51-56)73-53(5)80/h36-47,50-51,76-77H,6-35,48-49H2,1-5H3,(H2,72,73,78,79,80). The number of aromatic amines is 2. The van der Waals surface area contributed by atoms with Gasteiger partial charge >= 0.3 is 5.97 Å². The molecule has 0 spiro atoms. The van der Waals surface area contributed by atoms with Crippen molar-refractivity contribution in [2.45, 2.75) is 227 Å². The molecular formula is C71H97N7O5. The van der Waals surface area contributed by atoms with E-state index in [0.29, 0.717) is 11.3 Å². The maximum Gasteiger partial charge on any atom is 0.338 e. The number of aryl methyl sites for hydroxylation is 2. The molecule has 2 aliphatic heterocycles. The first-order chi connectivity index (χ1) is 40.6. The van der Waals surface area contributed by atoms with Gasteiger partial charge in [0.25, 0.3) is 0 Å². The number of H-pyrrole nitrogens is 2. The van der Waals surface area contributed by atoms with Gasteiger partial charge in [0.1, 0.15) is 30.6 Å². The van der Waals surface area contributed by atoms with Crippen LogP contribution in [0, 0.1) is 0 Å². The van der Waals surface area contributed by atoms with Gasteiger partial charge in [0.2, 0.25) is 11.8 Å². The first-order valence-corrected chi connectivity index (χ1v) is 32.2. The molecule has 0 fully saturated rings. The molecule has 1 aromatic carbocycles. The highest BCUT2D eigenvalue weighted by Crippen LogP contribution is 2.34. The molecule has 7 rings (SSSR count). The monoisotopic (exact) mass is 1130 g/mol. The number of hydrogen-bond donors (Lipinski definition) is 4. The summed E-state index contributed by atoms with van der Waals surface area (Å²) in [5.74, 6) is -0.323. The molecule has 2 aliphatic rings. The zero-order chi connectivity index (χ0) is 58.4. The van der Waals surface area contributed by atoms with Gasteiger partial charge in [-0.3, -0.25) is 9.59 Å². The fourth-order valence-electron chi connectivity index (χ4n) is 11.5. The Morgan fingerprint density at radius 2 is 0.783 bits per heavy atom. The van der Waals surface area contributed by atoms with Gasteiger partial charge in [-0.25, -0.2) is 19.7 Å². The van der Waals surface area contributed by atoms with Crippen molar-refractivity contribution in [1.29, 1.82) is 0 Å². The van der Waals surface area contributed by atoms with Crippen LogP contribution in [-0.4, -0.2) is 55.9 Å². The maximum absolute atomic E-state index is 13.6. The third-order valence-corrected chi connectivity index (χ3v) is 16.1. The van der Waals surface area contributed by atoms with Crippen LogP contribution in [0.25, 0.3) is 57.5 Å². The zero-order valence-corrected chi connectivity index (χ0v) is 51.1. The van der Waals surface area contributed by atoms with Crippen molar-refractivity contribution < 1.29 is 23.9 Å². The van der Waals surface area contributed by atoms with Gasteiger partial charge < -0.3 is 30.1 Å². The molecule has 446 valence electrons. The van der Waals surface area contributed by atoms with Gasteiger partial charge in [-0.05, 0) is 105 Å². The smallest absolute Gasteiger partial charge is 0.338 e. The van der Waals surface area contributed by atoms with E-state index in [-0.39, 0.29) is 36.7 Å². The number of nitrogens with one attached hydrogen (secondary N) is 4. The van der Waals surface area contributed by atoms with Crippen LogP contribution in [0.4, 0.5) is 11.6 Å². The van der Waals surface area contributed by atoms with Crippen LogP contribution >= 0.6 is 0 Å². The van der Waals surface area contributed by atoms with E-state index < -0.39 is 5.97 Å². The number of fused-ring (bicyclic) bond motifs is 8. The number of hydrogen-bond acceptors (Lipinski definition) is 8. The number of amides is 2. The highest BCUT2D eigenvalue weighted by atomic mass is 16.6. The predicted octanol–water partition coefficient (Wildman–Crippen LogP) is 19.1. The van der Waals surface area contributed by atoms with Crippen LogP contribution in [0.3, 0.4) is 0 Å². The Labute approximate surface area is 496 Å². The van der Waals surface area contributed by atoms with Gasteiger partial charge in [0.15, 0.2) is 0 Å². The minimum atomic E-state index is -0.483. The average Bonchev–Trinajstić information content (AvgIpc) is 4.11. The molecule has 0 atom stereocenters. The van der Waals surface area contributed by atoms with Crippen LogP contribution in [-0.2, 0) is 33.6 Å². The number of nitrogens with zero attached hydrogens (tertiary/aromatic N) is 3. The molecule has 12 heteroatoms. The Morgan fingerprint density at radius 1 is 0.422 bits per heavy atom. The Hall–Kier alpha value is -6.82. The minimum absolute atomic E-state index is 0.0321. The SMILES string of the molecule is CCCCCCCCCCCc1c2nc(c(CCCCCCCCCCC)c3ccc([nH]3)c(-c3ccc(C(=O)OCCOc4cc(NC(C)=O)nc(NC(C)=O)c4)cc3)c3ccc([nH]3)c(CCCCCCCCCCC)c3nc1C=C3)C=C2. The zero-order valence-electron chi connectivity index (χ0n) is 51.1. The van der Waals surface area contributed by atoms with E-state index in [1.165, 1.54) is 185 Å². The van der Waals surface area contributed by atoms with E-state index in [9.17, 15) is 14.4 Å². The molecule has 4 N–H and O–H groups in total. The van der Waals surface area contributed by atoms with Crippen LogP contribution < -0.4 is 15.4 Å². The number of pyridine rings is 1. The van der Waals surface area contributed by atoms with Gasteiger partial charge in [-0.1, -0.05) is 187 Å². The number of anilines is 2. The van der Waals surface area contributed by atoms with Gasteiger partial charge in [0.05, 0.1) is 28.3 Å². The number of rotatable bonds is 38. The van der Waals surface area contributed by atoms with E-state index in [4.69, 9.17) is 19.4 Å². The van der Waals surface area contributed by atoms with E-state index in [2.05, 4.69) is 94.9 Å². The molecule has 2 amide bonds. The number of benzene rings is 1. The summed E-state index contributed by atoms with van der Waals surface area (Å²) in [5, 5.41) is 5.24. The summed E-state index contributed by atoms with van der Waals surface area (Å²) in [6.45, 7) is 9.59. The summed E-state index contributed by atoms with van der Waals surface area (Å²) >= 11 is 0. The first-order valence-electron chi connectivity index (χ1n) is 32.2. The molecule has 0 saturated heterocycles. The van der Waals surface area contributed by atoms with Gasteiger partial charge in [-0.2, -0.15) is 0 Å². The fraction of sp³-hybridized carbons (Fsp3) is 0.521. The van der Waals surface area contributed by atoms with Crippen molar-refractivity contribution in [1.82, 2.24) is 24.9 Å². The van der Waals surface area contributed by atoms with Crippen molar-refractivity contribution in [2.24, 2.45) is 0 Å². The second-order valence-corrected chi connectivity index (χ2v) is 23.0. The summed E-state index contributed by atoms with van der Waals surface area (Å²) < 4.78 is 11.6. The predicted molar refractivity (Wildman–Crippen MR) is 346 cm³/mol. The fourth-order valence-corrected chi connectivity index (χ4v) is 11.5. The van der Waals surface area contributed by atoms with Gasteiger partial charge in [-0.15, -0.1) is 0 Å². The van der Waals surface area contributed by atoms with E-state index >= 15 is 0 Å². The molecule has 0 aliphatic carbocycles. The lowest BCUT2D eigenvalue weighted by molar-refractivity contribution is -0.115. The molecule has 12 nitrogen and oxygen atoms in total. The van der Waals surface area contributed by atoms with Gasteiger partial charge in [0, 0.05) is 70.3 Å². The molecular weight excluding hydrogens is 1030 g/mol. The Bertz CT molecular complexity index is 2920. The molecule has 8 bridgehead atoms.